The largest absolute Gasteiger partial charge is 0.449 e. The number of carbonyl (C=O) groups is 2. The van der Waals surface area contributed by atoms with Crippen LogP contribution < -0.4 is 5.32 Å². The van der Waals surface area contributed by atoms with Crippen molar-refractivity contribution in [2.24, 2.45) is 5.92 Å². The minimum atomic E-state index is -1.01. The second kappa shape index (κ2) is 7.03. The Morgan fingerprint density at radius 1 is 1.36 bits per heavy atom. The number of rotatable bonds is 5. The van der Waals surface area contributed by atoms with E-state index in [1.165, 1.54) is 13.1 Å². The molecule has 0 bridgehead atoms. The molecule has 6 nitrogen and oxygen atoms in total. The fourth-order valence-corrected chi connectivity index (χ4v) is 1.53. The van der Waals surface area contributed by atoms with E-state index in [0.29, 0.717) is 0 Å². The second-order valence-corrected chi connectivity index (χ2v) is 5.69. The summed E-state index contributed by atoms with van der Waals surface area (Å²) >= 11 is 0. The molecule has 118 valence electrons. The molecule has 0 aliphatic carbocycles. The lowest BCUT2D eigenvalue weighted by Gasteiger charge is -2.28. The zero-order chi connectivity index (χ0) is 16.9. The van der Waals surface area contributed by atoms with Gasteiger partial charge in [0.2, 0.25) is 0 Å². The fraction of sp³-hybridized carbons (Fsp3) is 0.500. The Labute approximate surface area is 130 Å². The molecule has 0 saturated heterocycles. The van der Waals surface area contributed by atoms with E-state index in [0.717, 1.165) is 5.69 Å². The van der Waals surface area contributed by atoms with Gasteiger partial charge in [-0.25, -0.2) is 4.79 Å². The molecule has 0 aromatic carbocycles. The third-order valence-corrected chi connectivity index (χ3v) is 3.57. The van der Waals surface area contributed by atoms with Gasteiger partial charge in [-0.05, 0) is 38.8 Å². The van der Waals surface area contributed by atoms with Crippen molar-refractivity contribution in [1.82, 2.24) is 10.3 Å². The van der Waals surface area contributed by atoms with Gasteiger partial charge in [-0.3, -0.25) is 9.78 Å². The first kappa shape index (κ1) is 17.6. The van der Waals surface area contributed by atoms with Crippen LogP contribution in [-0.2, 0) is 9.53 Å². The average molecular weight is 303 g/mol. The maximum atomic E-state index is 12.1. The quantitative estimate of drug-likeness (QED) is 0.840. The van der Waals surface area contributed by atoms with Gasteiger partial charge in [-0.15, -0.1) is 0 Å². The number of aromatic nitrogens is 1. The van der Waals surface area contributed by atoms with E-state index in [-0.39, 0.29) is 11.5 Å². The monoisotopic (exact) mass is 303 g/mol. The molecular formula is C16H21N3O3. The number of hydrogen-bond donors (Lipinski definition) is 1. The molecule has 1 N–H and O–H groups in total. The molecule has 0 fully saturated rings. The predicted octanol–water partition coefficient (Wildman–Crippen LogP) is 1.99. The molecule has 0 unspecified atom stereocenters. The summed E-state index contributed by atoms with van der Waals surface area (Å²) in [6, 6.07) is 5.35. The SMILES string of the molecule is Cc1ccc(C(=O)O[C@H](C)C(=O)N[C@@](C)(C#N)C(C)C)cn1. The number of hydrogen-bond acceptors (Lipinski definition) is 5. The zero-order valence-electron chi connectivity index (χ0n) is 13.5. The lowest BCUT2D eigenvalue weighted by molar-refractivity contribution is -0.130. The molecule has 0 radical (unpaired) electrons. The maximum Gasteiger partial charge on any atom is 0.340 e. The van der Waals surface area contributed by atoms with Crippen molar-refractivity contribution >= 4 is 11.9 Å². The molecule has 1 rings (SSSR count). The van der Waals surface area contributed by atoms with E-state index in [1.54, 1.807) is 26.0 Å². The number of amides is 1. The third kappa shape index (κ3) is 4.29. The van der Waals surface area contributed by atoms with Crippen LogP contribution in [0.2, 0.25) is 0 Å². The van der Waals surface area contributed by atoms with Crippen molar-refractivity contribution in [3.05, 3.63) is 29.6 Å². The minimum Gasteiger partial charge on any atom is -0.449 e. The van der Waals surface area contributed by atoms with Crippen LogP contribution in [0.3, 0.4) is 0 Å². The van der Waals surface area contributed by atoms with Crippen molar-refractivity contribution in [2.45, 2.75) is 46.3 Å². The molecule has 6 heteroatoms. The van der Waals surface area contributed by atoms with Crippen LogP contribution in [0.25, 0.3) is 0 Å². The molecule has 2 atom stereocenters. The van der Waals surface area contributed by atoms with Crippen molar-refractivity contribution in [3.8, 4) is 6.07 Å². The van der Waals surface area contributed by atoms with Gasteiger partial charge in [0.25, 0.3) is 5.91 Å². The molecule has 1 amide bonds. The van der Waals surface area contributed by atoms with Gasteiger partial charge in [0.05, 0.1) is 11.6 Å². The summed E-state index contributed by atoms with van der Waals surface area (Å²) in [4.78, 5) is 28.0. The average Bonchev–Trinajstić information content (AvgIpc) is 2.47. The Morgan fingerprint density at radius 3 is 2.45 bits per heavy atom. The van der Waals surface area contributed by atoms with Gasteiger partial charge in [0.15, 0.2) is 6.10 Å². The Bertz CT molecular complexity index is 590. The third-order valence-electron chi connectivity index (χ3n) is 3.57. The van der Waals surface area contributed by atoms with Crippen molar-refractivity contribution < 1.29 is 14.3 Å². The predicted molar refractivity (Wildman–Crippen MR) is 80.9 cm³/mol. The minimum absolute atomic E-state index is 0.0781. The zero-order valence-corrected chi connectivity index (χ0v) is 13.5. The molecule has 0 aliphatic rings. The summed E-state index contributed by atoms with van der Waals surface area (Å²) in [6.45, 7) is 8.57. The summed E-state index contributed by atoms with van der Waals surface area (Å²) in [6.07, 6.45) is 0.399. The Morgan fingerprint density at radius 2 is 2.00 bits per heavy atom. The van der Waals surface area contributed by atoms with Crippen LogP contribution in [0.5, 0.6) is 0 Å². The van der Waals surface area contributed by atoms with Crippen LogP contribution in [0, 0.1) is 24.2 Å². The fourth-order valence-electron chi connectivity index (χ4n) is 1.53. The number of carbonyl (C=O) groups excluding carboxylic acids is 2. The van der Waals surface area contributed by atoms with Crippen molar-refractivity contribution in [2.75, 3.05) is 0 Å². The standard InChI is InChI=1S/C16H21N3O3/c1-10(2)16(5,9-17)19-14(20)12(4)22-15(21)13-7-6-11(3)18-8-13/h6-8,10,12H,1-5H3,(H,19,20)/t12-,16+/m1/s1. The van der Waals surface area contributed by atoms with E-state index in [9.17, 15) is 14.9 Å². The molecule has 22 heavy (non-hydrogen) atoms. The molecule has 1 aromatic heterocycles. The first-order valence-corrected chi connectivity index (χ1v) is 7.06. The van der Waals surface area contributed by atoms with Gasteiger partial charge in [0.1, 0.15) is 5.54 Å². The van der Waals surface area contributed by atoms with Gasteiger partial charge >= 0.3 is 5.97 Å². The van der Waals surface area contributed by atoms with Crippen LogP contribution >= 0.6 is 0 Å². The Kier molecular flexibility index (Phi) is 5.63. The number of esters is 1. The van der Waals surface area contributed by atoms with Crippen molar-refractivity contribution in [3.63, 3.8) is 0 Å². The van der Waals surface area contributed by atoms with Gasteiger partial charge in [-0.2, -0.15) is 5.26 Å². The van der Waals surface area contributed by atoms with Crippen LogP contribution in [-0.4, -0.2) is 28.5 Å². The van der Waals surface area contributed by atoms with Gasteiger partial charge < -0.3 is 10.1 Å². The Balaban J connectivity index is 2.70. The van der Waals surface area contributed by atoms with Gasteiger partial charge in [0, 0.05) is 11.9 Å². The topological polar surface area (TPSA) is 92.1 Å². The summed E-state index contributed by atoms with van der Waals surface area (Å²) < 4.78 is 5.11. The highest BCUT2D eigenvalue weighted by Gasteiger charge is 2.32. The molecule has 0 saturated carbocycles. The van der Waals surface area contributed by atoms with E-state index >= 15 is 0 Å². The molecule has 1 aromatic rings. The lowest BCUT2D eigenvalue weighted by Crippen LogP contribution is -2.52. The normalized spacial score (nSPS) is 14.6. The summed E-state index contributed by atoms with van der Waals surface area (Å²) in [5.74, 6) is -1.21. The number of nitriles is 1. The first-order valence-electron chi connectivity index (χ1n) is 7.06. The maximum absolute atomic E-state index is 12.1. The van der Waals surface area contributed by atoms with E-state index in [2.05, 4.69) is 16.4 Å². The van der Waals surface area contributed by atoms with E-state index in [1.807, 2.05) is 13.8 Å². The van der Waals surface area contributed by atoms with Crippen LogP contribution in [0.4, 0.5) is 0 Å². The van der Waals surface area contributed by atoms with Gasteiger partial charge in [-0.1, -0.05) is 13.8 Å². The number of nitrogens with one attached hydrogen (secondary N) is 1. The molecule has 0 aliphatic heterocycles. The second-order valence-electron chi connectivity index (χ2n) is 5.69. The van der Waals surface area contributed by atoms with Crippen molar-refractivity contribution in [1.29, 1.82) is 5.26 Å². The van der Waals surface area contributed by atoms with Crippen LogP contribution in [0.1, 0.15) is 43.7 Å². The summed E-state index contributed by atoms with van der Waals surface area (Å²) in [5, 5.41) is 11.8. The van der Waals surface area contributed by atoms with Crippen LogP contribution in [0.15, 0.2) is 18.3 Å². The number of pyridine rings is 1. The summed E-state index contributed by atoms with van der Waals surface area (Å²) in [5.41, 5.74) is 0.0459. The molecule has 1 heterocycles. The summed E-state index contributed by atoms with van der Waals surface area (Å²) in [7, 11) is 0. The highest BCUT2D eigenvalue weighted by Crippen LogP contribution is 2.15. The molecular weight excluding hydrogens is 282 g/mol. The number of ether oxygens (including phenoxy) is 1. The molecule has 0 spiro atoms. The lowest BCUT2D eigenvalue weighted by atomic mass is 9.90. The number of aryl methyl sites for hydroxylation is 1. The van der Waals surface area contributed by atoms with E-state index < -0.39 is 23.5 Å². The van der Waals surface area contributed by atoms with E-state index in [4.69, 9.17) is 4.74 Å². The highest BCUT2D eigenvalue weighted by atomic mass is 16.5. The number of nitrogens with zero attached hydrogens (tertiary/aromatic N) is 2. The smallest absolute Gasteiger partial charge is 0.340 e. The highest BCUT2D eigenvalue weighted by molar-refractivity contribution is 5.92. The Hall–Kier alpha value is -2.42. The first-order chi connectivity index (χ1) is 10.2.